The van der Waals surface area contributed by atoms with Crippen molar-refractivity contribution in [3.05, 3.63) is 59.7 Å². The number of likely N-dealkylation sites (tertiary alicyclic amines) is 1. The van der Waals surface area contributed by atoms with Crippen molar-refractivity contribution in [3.63, 3.8) is 0 Å². The van der Waals surface area contributed by atoms with Gasteiger partial charge in [0.1, 0.15) is 11.5 Å². The van der Waals surface area contributed by atoms with Gasteiger partial charge in [0.05, 0.1) is 13.2 Å². The number of nitrogens with one attached hydrogen (secondary N) is 1. The molecule has 1 fully saturated rings. The molecule has 29 heavy (non-hydrogen) atoms. The predicted octanol–water partition coefficient (Wildman–Crippen LogP) is 4.16. The summed E-state index contributed by atoms with van der Waals surface area (Å²) in [4.78, 5) is 14.8. The number of methoxy groups -OCH3 is 1. The molecule has 1 atom stereocenters. The van der Waals surface area contributed by atoms with E-state index in [0.717, 1.165) is 49.4 Å². The molecule has 5 nitrogen and oxygen atoms in total. The van der Waals surface area contributed by atoms with Gasteiger partial charge in [-0.2, -0.15) is 0 Å². The number of alkyl halides is 3. The lowest BCUT2D eigenvalue weighted by atomic mass is 10.0. The fourth-order valence-electron chi connectivity index (χ4n) is 3.46. The van der Waals surface area contributed by atoms with E-state index in [4.69, 9.17) is 4.74 Å². The van der Waals surface area contributed by atoms with Crippen LogP contribution in [0.2, 0.25) is 0 Å². The van der Waals surface area contributed by atoms with Gasteiger partial charge >= 0.3 is 6.36 Å². The predicted molar refractivity (Wildman–Crippen MR) is 102 cm³/mol. The summed E-state index contributed by atoms with van der Waals surface area (Å²) in [6.07, 6.45) is -2.55. The van der Waals surface area contributed by atoms with Crippen molar-refractivity contribution in [2.75, 3.05) is 26.7 Å². The highest BCUT2D eigenvalue weighted by Crippen LogP contribution is 2.27. The molecule has 0 bridgehead atoms. The molecule has 0 aliphatic carbocycles. The summed E-state index contributed by atoms with van der Waals surface area (Å²) >= 11 is 0. The summed E-state index contributed by atoms with van der Waals surface area (Å²) in [6.45, 7) is 2.27. The Labute approximate surface area is 167 Å². The van der Waals surface area contributed by atoms with E-state index in [1.807, 2.05) is 24.3 Å². The Hall–Kier alpha value is -2.74. The summed E-state index contributed by atoms with van der Waals surface area (Å²) < 4.78 is 45.9. The molecule has 0 radical (unpaired) electrons. The van der Waals surface area contributed by atoms with Gasteiger partial charge < -0.3 is 14.8 Å². The molecule has 1 unspecified atom stereocenters. The van der Waals surface area contributed by atoms with Crippen molar-refractivity contribution in [3.8, 4) is 11.5 Å². The molecule has 1 heterocycles. The maximum absolute atomic E-state index is 12.5. The largest absolute Gasteiger partial charge is 0.573 e. The summed E-state index contributed by atoms with van der Waals surface area (Å²) in [5.74, 6) is 0.0364. The average molecular weight is 408 g/mol. The fraction of sp³-hybridized carbons (Fsp3) is 0.381. The first-order valence-electron chi connectivity index (χ1n) is 9.38. The minimum absolute atomic E-state index is 0.00983. The SMILES string of the molecule is COc1cccc(C(CNC(=O)c2ccc(OC(F)(F)F)cc2)N2CCCC2)c1. The highest BCUT2D eigenvalue weighted by molar-refractivity contribution is 5.94. The first kappa shape index (κ1) is 21.0. The Morgan fingerprint density at radius 1 is 1.10 bits per heavy atom. The molecule has 1 aliphatic rings. The first-order valence-corrected chi connectivity index (χ1v) is 9.38. The third-order valence-corrected chi connectivity index (χ3v) is 4.87. The second-order valence-electron chi connectivity index (χ2n) is 6.82. The van der Waals surface area contributed by atoms with Crippen LogP contribution in [0.4, 0.5) is 13.2 Å². The maximum atomic E-state index is 12.5. The maximum Gasteiger partial charge on any atom is 0.573 e. The third-order valence-electron chi connectivity index (χ3n) is 4.87. The average Bonchev–Trinajstić information content (AvgIpc) is 3.22. The first-order chi connectivity index (χ1) is 13.9. The fourth-order valence-corrected chi connectivity index (χ4v) is 3.46. The van der Waals surface area contributed by atoms with Crippen LogP contribution in [-0.2, 0) is 0 Å². The number of hydrogen-bond acceptors (Lipinski definition) is 4. The number of nitrogens with zero attached hydrogens (tertiary/aromatic N) is 1. The lowest BCUT2D eigenvalue weighted by Crippen LogP contribution is -2.36. The molecular weight excluding hydrogens is 385 g/mol. The Morgan fingerprint density at radius 2 is 1.79 bits per heavy atom. The monoisotopic (exact) mass is 408 g/mol. The van der Waals surface area contributed by atoms with Gasteiger partial charge in [0.2, 0.25) is 0 Å². The zero-order valence-electron chi connectivity index (χ0n) is 16.0. The van der Waals surface area contributed by atoms with Gasteiger partial charge in [-0.25, -0.2) is 0 Å². The molecule has 1 amide bonds. The quantitative estimate of drug-likeness (QED) is 0.748. The van der Waals surface area contributed by atoms with E-state index in [9.17, 15) is 18.0 Å². The molecule has 8 heteroatoms. The molecule has 1 aliphatic heterocycles. The number of carbonyl (C=O) groups is 1. The zero-order valence-corrected chi connectivity index (χ0v) is 16.0. The Kier molecular flexibility index (Phi) is 6.64. The summed E-state index contributed by atoms with van der Waals surface area (Å²) in [7, 11) is 1.61. The van der Waals surface area contributed by atoms with Gasteiger partial charge in [0, 0.05) is 12.1 Å². The molecule has 0 saturated carbocycles. The van der Waals surface area contributed by atoms with Crippen molar-refractivity contribution in [2.45, 2.75) is 25.2 Å². The molecule has 2 aromatic rings. The van der Waals surface area contributed by atoms with Crippen molar-refractivity contribution in [1.82, 2.24) is 10.2 Å². The second-order valence-corrected chi connectivity index (χ2v) is 6.82. The highest BCUT2D eigenvalue weighted by atomic mass is 19.4. The van der Waals surface area contributed by atoms with E-state index in [1.54, 1.807) is 7.11 Å². The topological polar surface area (TPSA) is 50.8 Å². The van der Waals surface area contributed by atoms with Crippen molar-refractivity contribution < 1.29 is 27.4 Å². The van der Waals surface area contributed by atoms with E-state index in [2.05, 4.69) is 15.0 Å². The Balaban J connectivity index is 1.67. The molecule has 2 aromatic carbocycles. The number of hydrogen-bond donors (Lipinski definition) is 1. The van der Waals surface area contributed by atoms with Crippen LogP contribution in [0, 0.1) is 0 Å². The van der Waals surface area contributed by atoms with Crippen molar-refractivity contribution >= 4 is 5.91 Å². The summed E-state index contributed by atoms with van der Waals surface area (Å²) in [5.41, 5.74) is 1.31. The number of amides is 1. The summed E-state index contributed by atoms with van der Waals surface area (Å²) in [5, 5.41) is 2.90. The number of benzene rings is 2. The van der Waals surface area contributed by atoms with E-state index < -0.39 is 6.36 Å². The Morgan fingerprint density at radius 3 is 2.41 bits per heavy atom. The third kappa shape index (κ3) is 5.87. The van der Waals surface area contributed by atoms with E-state index in [1.165, 1.54) is 12.1 Å². The van der Waals surface area contributed by atoms with Crippen LogP contribution >= 0.6 is 0 Å². The van der Waals surface area contributed by atoms with E-state index in [0.29, 0.717) is 6.54 Å². The van der Waals surface area contributed by atoms with Crippen LogP contribution in [0.15, 0.2) is 48.5 Å². The normalized spacial score (nSPS) is 15.7. The Bertz CT molecular complexity index is 819. The molecule has 3 rings (SSSR count). The van der Waals surface area contributed by atoms with Crippen LogP contribution in [-0.4, -0.2) is 43.9 Å². The molecule has 0 spiro atoms. The van der Waals surface area contributed by atoms with Gasteiger partial charge in [-0.05, 0) is 67.9 Å². The van der Waals surface area contributed by atoms with Crippen LogP contribution in [0.25, 0.3) is 0 Å². The molecule has 1 N–H and O–H groups in total. The van der Waals surface area contributed by atoms with Gasteiger partial charge in [-0.3, -0.25) is 9.69 Å². The van der Waals surface area contributed by atoms with E-state index in [-0.39, 0.29) is 23.3 Å². The van der Waals surface area contributed by atoms with Crippen LogP contribution in [0.1, 0.15) is 34.8 Å². The minimum Gasteiger partial charge on any atom is -0.497 e. The lowest BCUT2D eigenvalue weighted by molar-refractivity contribution is -0.274. The highest BCUT2D eigenvalue weighted by Gasteiger charge is 2.31. The van der Waals surface area contributed by atoms with Gasteiger partial charge in [-0.15, -0.1) is 13.2 Å². The second kappa shape index (κ2) is 9.17. The van der Waals surface area contributed by atoms with Crippen molar-refractivity contribution in [2.24, 2.45) is 0 Å². The van der Waals surface area contributed by atoms with Gasteiger partial charge in [0.15, 0.2) is 0 Å². The molecule has 1 saturated heterocycles. The lowest BCUT2D eigenvalue weighted by Gasteiger charge is -2.28. The zero-order chi connectivity index (χ0) is 20.9. The van der Waals surface area contributed by atoms with E-state index >= 15 is 0 Å². The summed E-state index contributed by atoms with van der Waals surface area (Å²) in [6, 6.07) is 12.6. The van der Waals surface area contributed by atoms with Gasteiger partial charge in [-0.1, -0.05) is 12.1 Å². The number of halogens is 3. The number of ether oxygens (including phenoxy) is 2. The molecule has 0 aromatic heterocycles. The van der Waals surface area contributed by atoms with Crippen LogP contribution in [0.5, 0.6) is 11.5 Å². The van der Waals surface area contributed by atoms with Crippen molar-refractivity contribution in [1.29, 1.82) is 0 Å². The van der Waals surface area contributed by atoms with Crippen LogP contribution in [0.3, 0.4) is 0 Å². The standard InChI is InChI=1S/C21H23F3N2O3/c1-28-18-6-4-5-16(13-18)19(26-11-2-3-12-26)14-25-20(27)15-7-9-17(10-8-15)29-21(22,23)24/h4-10,13,19H,2-3,11-12,14H2,1H3,(H,25,27). The number of carbonyl (C=O) groups excluding carboxylic acids is 1. The minimum atomic E-state index is -4.76. The van der Waals surface area contributed by atoms with Gasteiger partial charge in [0.25, 0.3) is 5.91 Å². The number of rotatable bonds is 7. The molecular formula is C21H23F3N2O3. The van der Waals surface area contributed by atoms with Crippen LogP contribution < -0.4 is 14.8 Å². The molecule has 156 valence electrons. The smallest absolute Gasteiger partial charge is 0.497 e.